The Bertz CT molecular complexity index is 938. The number of sulfonamides is 1. The molecular formula is C23H34N4O3S. The molecule has 8 heteroatoms. The van der Waals surface area contributed by atoms with Crippen LogP contribution in [0, 0.1) is 37.0 Å². The van der Waals surface area contributed by atoms with Crippen LogP contribution in [0.3, 0.4) is 0 Å². The number of benzene rings is 1. The number of piperazine rings is 1. The van der Waals surface area contributed by atoms with Gasteiger partial charge >= 0.3 is 0 Å². The highest BCUT2D eigenvalue weighted by Gasteiger charge is 2.35. The van der Waals surface area contributed by atoms with E-state index >= 15 is 0 Å². The van der Waals surface area contributed by atoms with Crippen molar-refractivity contribution in [2.45, 2.75) is 51.5 Å². The Balaban J connectivity index is 1.55. The van der Waals surface area contributed by atoms with Crippen molar-refractivity contribution in [3.8, 4) is 6.07 Å². The first-order chi connectivity index (χ1) is 14.6. The molecular weight excluding hydrogens is 412 g/mol. The van der Waals surface area contributed by atoms with Crippen molar-refractivity contribution < 1.29 is 13.2 Å². The van der Waals surface area contributed by atoms with Crippen LogP contribution in [-0.4, -0.2) is 73.7 Å². The van der Waals surface area contributed by atoms with Crippen LogP contribution in [0.5, 0.6) is 0 Å². The van der Waals surface area contributed by atoms with Crippen molar-refractivity contribution in [3.63, 3.8) is 0 Å². The minimum absolute atomic E-state index is 0.115. The second-order valence-corrected chi connectivity index (χ2v) is 11.0. The lowest BCUT2D eigenvalue weighted by molar-refractivity contribution is -0.138. The Hall–Kier alpha value is -1.95. The summed E-state index contributed by atoms with van der Waals surface area (Å²) in [5.74, 6) is 0.256. The average Bonchev–Trinajstić information content (AvgIpc) is 2.76. The molecule has 0 radical (unpaired) electrons. The SMILES string of the molecule is Cc1ccc(S(=O)(=O)N2CCC(C(=O)N3CCN(C(C#N)C(C)C)CC3)CC2)cc1C. The molecule has 1 aromatic rings. The van der Waals surface area contributed by atoms with Gasteiger partial charge in [0.2, 0.25) is 15.9 Å². The molecule has 0 spiro atoms. The molecule has 31 heavy (non-hydrogen) atoms. The smallest absolute Gasteiger partial charge is 0.243 e. The van der Waals surface area contributed by atoms with E-state index in [0.717, 1.165) is 11.1 Å². The van der Waals surface area contributed by atoms with Crippen molar-refractivity contribution in [1.29, 1.82) is 5.26 Å². The predicted molar refractivity (Wildman–Crippen MR) is 120 cm³/mol. The zero-order chi connectivity index (χ0) is 22.8. The van der Waals surface area contributed by atoms with Crippen LogP contribution >= 0.6 is 0 Å². The molecule has 170 valence electrons. The molecule has 0 saturated carbocycles. The number of aryl methyl sites for hydroxylation is 2. The van der Waals surface area contributed by atoms with Crippen LogP contribution in [0.15, 0.2) is 23.1 Å². The zero-order valence-corrected chi connectivity index (χ0v) is 19.9. The fourth-order valence-corrected chi connectivity index (χ4v) is 6.05. The summed E-state index contributed by atoms with van der Waals surface area (Å²) in [7, 11) is -3.53. The van der Waals surface area contributed by atoms with Gasteiger partial charge < -0.3 is 4.90 Å². The number of piperidine rings is 1. The van der Waals surface area contributed by atoms with Gasteiger partial charge in [-0.3, -0.25) is 9.69 Å². The third-order valence-electron chi connectivity index (χ3n) is 6.70. The lowest BCUT2D eigenvalue weighted by Gasteiger charge is -2.40. The minimum Gasteiger partial charge on any atom is -0.340 e. The quantitative estimate of drug-likeness (QED) is 0.693. The first kappa shape index (κ1) is 23.7. The summed E-state index contributed by atoms with van der Waals surface area (Å²) in [6.45, 7) is 11.4. The van der Waals surface area contributed by atoms with Crippen molar-refractivity contribution in [1.82, 2.24) is 14.1 Å². The van der Waals surface area contributed by atoms with Crippen LogP contribution in [0.25, 0.3) is 0 Å². The van der Waals surface area contributed by atoms with Gasteiger partial charge in [-0.1, -0.05) is 19.9 Å². The van der Waals surface area contributed by atoms with Crippen LogP contribution in [-0.2, 0) is 14.8 Å². The van der Waals surface area contributed by atoms with E-state index in [1.54, 1.807) is 12.1 Å². The van der Waals surface area contributed by atoms with Crippen LogP contribution in [0.2, 0.25) is 0 Å². The van der Waals surface area contributed by atoms with Crippen molar-refractivity contribution in [3.05, 3.63) is 29.3 Å². The third-order valence-corrected chi connectivity index (χ3v) is 8.60. The number of hydrogen-bond acceptors (Lipinski definition) is 5. The number of carbonyl (C=O) groups is 1. The first-order valence-electron chi connectivity index (χ1n) is 11.1. The third kappa shape index (κ3) is 5.11. The molecule has 1 atom stereocenters. The van der Waals surface area contributed by atoms with Gasteiger partial charge in [0.1, 0.15) is 6.04 Å². The Morgan fingerprint density at radius 1 is 1.03 bits per heavy atom. The molecule has 1 unspecified atom stereocenters. The Morgan fingerprint density at radius 3 is 2.16 bits per heavy atom. The lowest BCUT2D eigenvalue weighted by atomic mass is 9.96. The van der Waals surface area contributed by atoms with Crippen LogP contribution in [0.1, 0.15) is 37.8 Å². The molecule has 2 saturated heterocycles. The predicted octanol–water partition coefficient (Wildman–Crippen LogP) is 2.40. The van der Waals surface area contributed by atoms with Gasteiger partial charge in [0.05, 0.1) is 11.0 Å². The van der Waals surface area contributed by atoms with Gasteiger partial charge in [-0.25, -0.2) is 8.42 Å². The van der Waals surface area contributed by atoms with Gasteiger partial charge in [-0.15, -0.1) is 0 Å². The number of hydrogen-bond donors (Lipinski definition) is 0. The van der Waals surface area contributed by atoms with Crippen molar-refractivity contribution in [2.75, 3.05) is 39.3 Å². The Morgan fingerprint density at radius 2 is 1.65 bits per heavy atom. The molecule has 2 aliphatic heterocycles. The highest BCUT2D eigenvalue weighted by molar-refractivity contribution is 7.89. The van der Waals surface area contributed by atoms with Gasteiger partial charge in [-0.05, 0) is 55.9 Å². The van der Waals surface area contributed by atoms with E-state index in [1.165, 1.54) is 4.31 Å². The van der Waals surface area contributed by atoms with E-state index in [9.17, 15) is 18.5 Å². The maximum Gasteiger partial charge on any atom is 0.243 e. The average molecular weight is 447 g/mol. The molecule has 2 heterocycles. The molecule has 0 bridgehead atoms. The molecule has 2 fully saturated rings. The number of nitrogens with zero attached hydrogens (tertiary/aromatic N) is 4. The van der Waals surface area contributed by atoms with E-state index in [0.29, 0.717) is 57.0 Å². The molecule has 0 aliphatic carbocycles. The minimum atomic E-state index is -3.53. The summed E-state index contributed by atoms with van der Waals surface area (Å²) in [4.78, 5) is 17.4. The summed E-state index contributed by atoms with van der Waals surface area (Å²) in [5, 5.41) is 9.40. The Labute approximate surface area is 186 Å². The van der Waals surface area contributed by atoms with E-state index in [2.05, 4.69) is 11.0 Å². The number of rotatable bonds is 5. The standard InChI is InChI=1S/C23H34N4O3S/c1-17(2)22(16-24)25-11-13-26(14-12-25)23(28)20-7-9-27(10-8-20)31(29,30)21-6-5-18(3)19(4)15-21/h5-6,15,17,20,22H,7-14H2,1-4H3. The zero-order valence-electron chi connectivity index (χ0n) is 19.0. The highest BCUT2D eigenvalue weighted by atomic mass is 32.2. The maximum atomic E-state index is 13.0. The second kappa shape index (κ2) is 9.68. The van der Waals surface area contributed by atoms with Gasteiger partial charge in [0.15, 0.2) is 0 Å². The van der Waals surface area contributed by atoms with Gasteiger partial charge in [0.25, 0.3) is 0 Å². The van der Waals surface area contributed by atoms with Crippen molar-refractivity contribution in [2.24, 2.45) is 11.8 Å². The van der Waals surface area contributed by atoms with E-state index in [1.807, 2.05) is 38.7 Å². The molecule has 7 nitrogen and oxygen atoms in total. The summed E-state index contributed by atoms with van der Waals surface area (Å²) < 4.78 is 27.5. The maximum absolute atomic E-state index is 13.0. The summed E-state index contributed by atoms with van der Waals surface area (Å²) in [5.41, 5.74) is 2.03. The van der Waals surface area contributed by atoms with Crippen LogP contribution in [0.4, 0.5) is 0 Å². The summed E-state index contributed by atoms with van der Waals surface area (Å²) >= 11 is 0. The highest BCUT2D eigenvalue weighted by Crippen LogP contribution is 2.27. The fourth-order valence-electron chi connectivity index (χ4n) is 4.50. The summed E-state index contributed by atoms with van der Waals surface area (Å²) in [6, 6.07) is 7.50. The largest absolute Gasteiger partial charge is 0.340 e. The summed E-state index contributed by atoms with van der Waals surface area (Å²) in [6.07, 6.45) is 1.10. The van der Waals surface area contributed by atoms with E-state index in [-0.39, 0.29) is 23.8 Å². The lowest BCUT2D eigenvalue weighted by Crippen LogP contribution is -2.54. The van der Waals surface area contributed by atoms with E-state index in [4.69, 9.17) is 0 Å². The topological polar surface area (TPSA) is 84.7 Å². The molecule has 1 amide bonds. The first-order valence-corrected chi connectivity index (χ1v) is 12.6. The number of carbonyl (C=O) groups excluding carboxylic acids is 1. The van der Waals surface area contributed by atoms with E-state index < -0.39 is 10.0 Å². The molecule has 2 aliphatic rings. The van der Waals surface area contributed by atoms with Gasteiger partial charge in [0, 0.05) is 45.2 Å². The monoisotopic (exact) mass is 446 g/mol. The molecule has 3 rings (SSSR count). The molecule has 0 aromatic heterocycles. The number of amides is 1. The normalized spacial score (nSPS) is 20.6. The Kier molecular flexibility index (Phi) is 7.40. The fraction of sp³-hybridized carbons (Fsp3) is 0.652. The number of nitriles is 1. The van der Waals surface area contributed by atoms with Crippen molar-refractivity contribution >= 4 is 15.9 Å². The van der Waals surface area contributed by atoms with Crippen LogP contribution < -0.4 is 0 Å². The molecule has 0 N–H and O–H groups in total. The second-order valence-electron chi connectivity index (χ2n) is 9.10. The molecule has 1 aromatic carbocycles. The van der Waals surface area contributed by atoms with Gasteiger partial charge in [-0.2, -0.15) is 9.57 Å².